The average molecular weight is 369 g/mol. The van der Waals surface area contributed by atoms with Crippen molar-refractivity contribution < 1.29 is 9.18 Å². The van der Waals surface area contributed by atoms with Gasteiger partial charge in [0.05, 0.1) is 17.0 Å². The van der Waals surface area contributed by atoms with Crippen molar-refractivity contribution in [3.05, 3.63) is 69.4 Å². The van der Waals surface area contributed by atoms with Gasteiger partial charge in [-0.3, -0.25) is 4.79 Å². The van der Waals surface area contributed by atoms with Gasteiger partial charge in [0.1, 0.15) is 5.82 Å². The van der Waals surface area contributed by atoms with Crippen LogP contribution in [0.15, 0.2) is 46.9 Å². The van der Waals surface area contributed by atoms with E-state index in [1.54, 1.807) is 6.07 Å². The van der Waals surface area contributed by atoms with Crippen molar-refractivity contribution in [1.29, 1.82) is 0 Å². The second-order valence-corrected chi connectivity index (χ2v) is 6.47. The van der Waals surface area contributed by atoms with Crippen LogP contribution >= 0.6 is 27.5 Å². The Morgan fingerprint density at radius 2 is 2.05 bits per heavy atom. The van der Waals surface area contributed by atoms with Gasteiger partial charge >= 0.3 is 0 Å². The standard InChI is InChI=1S/C16H12BrClFNO/c17-10-5-6-14(19)12(8-10)16(21)20-15-11-4-2-1-3-9(11)7-13(15)18/h1-6,8,13,15H,7H2,(H,20,21). The Labute approximate surface area is 135 Å². The van der Waals surface area contributed by atoms with Crippen LogP contribution in [-0.2, 0) is 6.42 Å². The Balaban J connectivity index is 1.87. The summed E-state index contributed by atoms with van der Waals surface area (Å²) < 4.78 is 14.4. The molecular weight excluding hydrogens is 357 g/mol. The van der Waals surface area contributed by atoms with Gasteiger partial charge in [-0.2, -0.15) is 0 Å². The number of hydrogen-bond acceptors (Lipinski definition) is 1. The Hall–Kier alpha value is -1.39. The van der Waals surface area contributed by atoms with Gasteiger partial charge in [0.15, 0.2) is 0 Å². The molecule has 2 nitrogen and oxygen atoms in total. The number of halogens is 3. The van der Waals surface area contributed by atoms with Crippen LogP contribution in [0.5, 0.6) is 0 Å². The first-order valence-corrected chi connectivity index (χ1v) is 7.77. The fourth-order valence-electron chi connectivity index (χ4n) is 2.60. The first kappa shape index (κ1) is 14.5. The van der Waals surface area contributed by atoms with Crippen LogP contribution in [0.25, 0.3) is 0 Å². The fraction of sp³-hybridized carbons (Fsp3) is 0.188. The summed E-state index contributed by atoms with van der Waals surface area (Å²) in [6, 6.07) is 11.8. The zero-order valence-corrected chi connectivity index (χ0v) is 13.3. The number of amides is 1. The van der Waals surface area contributed by atoms with Crippen LogP contribution < -0.4 is 5.32 Å². The third-order valence-corrected chi connectivity index (χ3v) is 4.53. The summed E-state index contributed by atoms with van der Waals surface area (Å²) in [5.41, 5.74) is 2.14. The van der Waals surface area contributed by atoms with Crippen LogP contribution in [0.3, 0.4) is 0 Å². The smallest absolute Gasteiger partial charge is 0.254 e. The molecule has 1 N–H and O–H groups in total. The second-order valence-electron chi connectivity index (χ2n) is 4.99. The number of hydrogen-bond donors (Lipinski definition) is 1. The summed E-state index contributed by atoms with van der Waals surface area (Å²) in [4.78, 5) is 12.3. The molecule has 0 aliphatic heterocycles. The molecule has 1 amide bonds. The minimum atomic E-state index is -0.548. The quantitative estimate of drug-likeness (QED) is 0.790. The highest BCUT2D eigenvalue weighted by atomic mass is 79.9. The maximum atomic E-state index is 13.8. The van der Waals surface area contributed by atoms with E-state index in [-0.39, 0.29) is 17.0 Å². The van der Waals surface area contributed by atoms with Crippen molar-refractivity contribution in [2.75, 3.05) is 0 Å². The van der Waals surface area contributed by atoms with Crippen molar-refractivity contribution in [1.82, 2.24) is 5.32 Å². The molecule has 2 aromatic carbocycles. The van der Waals surface area contributed by atoms with E-state index >= 15 is 0 Å². The Morgan fingerprint density at radius 3 is 2.86 bits per heavy atom. The molecule has 0 radical (unpaired) electrons. The Morgan fingerprint density at radius 1 is 1.29 bits per heavy atom. The van der Waals surface area contributed by atoms with Gasteiger partial charge in [0.2, 0.25) is 0 Å². The first-order valence-electron chi connectivity index (χ1n) is 6.54. The SMILES string of the molecule is O=C(NC1c2ccccc2CC1Cl)c1cc(Br)ccc1F. The van der Waals surface area contributed by atoms with E-state index in [9.17, 15) is 9.18 Å². The molecule has 1 aliphatic rings. The van der Waals surface area contributed by atoms with E-state index in [4.69, 9.17) is 11.6 Å². The van der Waals surface area contributed by atoms with E-state index in [1.807, 2.05) is 24.3 Å². The molecule has 0 saturated heterocycles. The highest BCUT2D eigenvalue weighted by Gasteiger charge is 2.32. The van der Waals surface area contributed by atoms with Crippen molar-refractivity contribution in [3.8, 4) is 0 Å². The van der Waals surface area contributed by atoms with E-state index in [1.165, 1.54) is 12.1 Å². The maximum Gasteiger partial charge on any atom is 0.254 e. The average Bonchev–Trinajstić information content (AvgIpc) is 2.78. The normalized spacial score (nSPS) is 20.1. The largest absolute Gasteiger partial charge is 0.344 e. The number of fused-ring (bicyclic) bond motifs is 1. The molecule has 2 aromatic rings. The van der Waals surface area contributed by atoms with Gasteiger partial charge in [0.25, 0.3) is 5.91 Å². The van der Waals surface area contributed by atoms with E-state index < -0.39 is 11.7 Å². The molecule has 0 saturated carbocycles. The highest BCUT2D eigenvalue weighted by Crippen LogP contribution is 2.35. The molecule has 0 spiro atoms. The minimum Gasteiger partial charge on any atom is -0.344 e. The molecule has 0 aromatic heterocycles. The fourth-order valence-corrected chi connectivity index (χ4v) is 3.33. The molecule has 2 atom stereocenters. The Bertz CT molecular complexity index is 706. The van der Waals surface area contributed by atoms with E-state index in [2.05, 4.69) is 21.2 Å². The topological polar surface area (TPSA) is 29.1 Å². The Kier molecular flexibility index (Phi) is 4.00. The van der Waals surface area contributed by atoms with Crippen LogP contribution in [0.2, 0.25) is 0 Å². The molecule has 108 valence electrons. The van der Waals surface area contributed by atoms with Gasteiger partial charge in [-0.05, 0) is 35.7 Å². The summed E-state index contributed by atoms with van der Waals surface area (Å²) in [5.74, 6) is -1.01. The molecule has 0 fully saturated rings. The van der Waals surface area contributed by atoms with Crippen molar-refractivity contribution in [3.63, 3.8) is 0 Å². The van der Waals surface area contributed by atoms with Gasteiger partial charge < -0.3 is 5.32 Å². The molecule has 2 unspecified atom stereocenters. The summed E-state index contributed by atoms with van der Waals surface area (Å²) >= 11 is 9.57. The van der Waals surface area contributed by atoms with E-state index in [0.29, 0.717) is 10.9 Å². The van der Waals surface area contributed by atoms with Crippen molar-refractivity contribution in [2.45, 2.75) is 17.8 Å². The molecule has 0 bridgehead atoms. The van der Waals surface area contributed by atoms with Crippen molar-refractivity contribution in [2.24, 2.45) is 0 Å². The summed E-state index contributed by atoms with van der Waals surface area (Å²) in [6.07, 6.45) is 0.698. The lowest BCUT2D eigenvalue weighted by Gasteiger charge is -2.17. The zero-order chi connectivity index (χ0) is 15.0. The predicted octanol–water partition coefficient (Wildman–Crippen LogP) is 4.22. The van der Waals surface area contributed by atoms with Gasteiger partial charge in [-0.25, -0.2) is 4.39 Å². The molecule has 21 heavy (non-hydrogen) atoms. The molecule has 1 aliphatic carbocycles. The highest BCUT2D eigenvalue weighted by molar-refractivity contribution is 9.10. The van der Waals surface area contributed by atoms with Crippen LogP contribution in [-0.4, -0.2) is 11.3 Å². The van der Waals surface area contributed by atoms with E-state index in [0.717, 1.165) is 11.1 Å². The predicted molar refractivity (Wildman–Crippen MR) is 84.1 cm³/mol. The third-order valence-electron chi connectivity index (χ3n) is 3.63. The number of rotatable bonds is 2. The maximum absolute atomic E-state index is 13.8. The number of carbonyl (C=O) groups excluding carboxylic acids is 1. The number of carbonyl (C=O) groups is 1. The van der Waals surface area contributed by atoms with Crippen molar-refractivity contribution >= 4 is 33.4 Å². The summed E-state index contributed by atoms with van der Waals surface area (Å²) in [5, 5.41) is 2.62. The number of alkyl halides is 1. The van der Waals surface area contributed by atoms with Gasteiger partial charge in [0, 0.05) is 4.47 Å². The van der Waals surface area contributed by atoms with Crippen LogP contribution in [0.4, 0.5) is 4.39 Å². The molecular formula is C16H12BrClFNO. The van der Waals surface area contributed by atoms with Gasteiger partial charge in [-0.15, -0.1) is 11.6 Å². The van der Waals surface area contributed by atoms with Gasteiger partial charge in [-0.1, -0.05) is 40.2 Å². The third kappa shape index (κ3) is 2.83. The summed E-state index contributed by atoms with van der Waals surface area (Å²) in [6.45, 7) is 0. The number of benzene rings is 2. The monoisotopic (exact) mass is 367 g/mol. The molecule has 5 heteroatoms. The lowest BCUT2D eigenvalue weighted by atomic mass is 10.1. The van der Waals surface area contributed by atoms with Crippen LogP contribution in [0, 0.1) is 5.82 Å². The lowest BCUT2D eigenvalue weighted by molar-refractivity contribution is 0.0933. The minimum absolute atomic E-state index is 0.0117. The van der Waals surface area contributed by atoms with Crippen LogP contribution in [0.1, 0.15) is 27.5 Å². The first-order chi connectivity index (χ1) is 10.1. The zero-order valence-electron chi connectivity index (χ0n) is 10.9. The summed E-state index contributed by atoms with van der Waals surface area (Å²) in [7, 11) is 0. The lowest BCUT2D eigenvalue weighted by Crippen LogP contribution is -2.32. The molecule has 3 rings (SSSR count). The molecule has 0 heterocycles. The number of nitrogens with one attached hydrogen (secondary N) is 1. The second kappa shape index (κ2) is 5.78.